The molecule has 1 unspecified atom stereocenters. The van der Waals surface area contributed by atoms with Crippen molar-refractivity contribution in [2.75, 3.05) is 46.3 Å². The normalized spacial score (nSPS) is 11.6. The number of hydrogen-bond acceptors (Lipinski definition) is 8. The summed E-state index contributed by atoms with van der Waals surface area (Å²) in [6.07, 6.45) is 0.197. The van der Waals surface area contributed by atoms with Crippen molar-refractivity contribution in [2.24, 2.45) is 0 Å². The van der Waals surface area contributed by atoms with E-state index in [0.717, 1.165) is 21.0 Å². The molecule has 2 amide bonds. The second kappa shape index (κ2) is 16.1. The average Bonchev–Trinajstić information content (AvgIpc) is 3.11. The van der Waals surface area contributed by atoms with Crippen LogP contribution in [-0.4, -0.2) is 73.2 Å². The predicted molar refractivity (Wildman–Crippen MR) is 183 cm³/mol. The van der Waals surface area contributed by atoms with Gasteiger partial charge in [-0.1, -0.05) is 60.2 Å². The Bertz CT molecular complexity index is 1830. The third-order valence-corrected chi connectivity index (χ3v) is 9.59. The Labute approximate surface area is 282 Å². The highest BCUT2D eigenvalue weighted by Gasteiger charge is 2.36. The van der Waals surface area contributed by atoms with Crippen molar-refractivity contribution in [1.82, 2.24) is 10.2 Å². The molecule has 1 atom stereocenters. The minimum Gasteiger partial charge on any atom is -0.497 e. The van der Waals surface area contributed by atoms with Crippen LogP contribution in [0.25, 0.3) is 0 Å². The minimum absolute atomic E-state index is 0.0466. The molecule has 0 radical (unpaired) electrons. The SMILES string of the molecule is CNC(=O)C(Cc1ccccc1)N(Cc1cccc(C)c1)C(=O)CN(c1cc(OC)ccc1OC)S(=O)(=O)c1ccc(OC)c(OC)c1. The summed E-state index contributed by atoms with van der Waals surface area (Å²) in [7, 11) is 2.72. The van der Waals surface area contributed by atoms with Crippen LogP contribution >= 0.6 is 0 Å². The largest absolute Gasteiger partial charge is 0.497 e. The van der Waals surface area contributed by atoms with Crippen LogP contribution in [0.4, 0.5) is 5.69 Å². The first kappa shape index (κ1) is 35.6. The van der Waals surface area contributed by atoms with Crippen LogP contribution in [0.3, 0.4) is 0 Å². The van der Waals surface area contributed by atoms with Gasteiger partial charge in [-0.2, -0.15) is 0 Å². The molecule has 0 aliphatic heterocycles. The summed E-state index contributed by atoms with van der Waals surface area (Å²) in [6.45, 7) is 1.31. The number of ether oxygens (including phenoxy) is 4. The number of sulfonamides is 1. The first-order valence-corrected chi connectivity index (χ1v) is 16.6. The number of aryl methyl sites for hydroxylation is 1. The van der Waals surface area contributed by atoms with Gasteiger partial charge in [0.15, 0.2) is 11.5 Å². The van der Waals surface area contributed by atoms with E-state index < -0.39 is 34.4 Å². The number of hydrogen-bond donors (Lipinski definition) is 1. The Balaban J connectivity index is 1.88. The zero-order valence-electron chi connectivity index (χ0n) is 27.9. The van der Waals surface area contributed by atoms with Crippen LogP contribution in [0.5, 0.6) is 23.0 Å². The van der Waals surface area contributed by atoms with Crippen molar-refractivity contribution in [2.45, 2.75) is 30.8 Å². The number of nitrogens with one attached hydrogen (secondary N) is 1. The highest BCUT2D eigenvalue weighted by atomic mass is 32.2. The Morgan fingerprint density at radius 2 is 1.42 bits per heavy atom. The summed E-state index contributed by atoms with van der Waals surface area (Å²) < 4.78 is 51.8. The predicted octanol–water partition coefficient (Wildman–Crippen LogP) is 4.61. The van der Waals surface area contributed by atoms with E-state index in [9.17, 15) is 18.0 Å². The molecule has 0 bridgehead atoms. The fourth-order valence-electron chi connectivity index (χ4n) is 5.34. The third-order valence-electron chi connectivity index (χ3n) is 7.83. The van der Waals surface area contributed by atoms with Crippen molar-refractivity contribution in [3.8, 4) is 23.0 Å². The summed E-state index contributed by atoms with van der Waals surface area (Å²) in [5, 5.41) is 2.69. The topological polar surface area (TPSA) is 124 Å². The molecule has 12 heteroatoms. The van der Waals surface area contributed by atoms with Gasteiger partial charge < -0.3 is 29.2 Å². The number of likely N-dealkylation sites (N-methyl/N-ethyl adjacent to an activating group) is 1. The number of nitrogens with zero attached hydrogens (tertiary/aromatic N) is 2. The molecular weight excluding hydrogens is 634 g/mol. The molecule has 0 spiro atoms. The summed E-state index contributed by atoms with van der Waals surface area (Å²) in [5.41, 5.74) is 2.64. The minimum atomic E-state index is -4.47. The molecule has 48 heavy (non-hydrogen) atoms. The van der Waals surface area contributed by atoms with E-state index in [1.54, 1.807) is 12.1 Å². The molecule has 0 saturated carbocycles. The monoisotopic (exact) mass is 675 g/mol. The van der Waals surface area contributed by atoms with Crippen LogP contribution in [-0.2, 0) is 32.6 Å². The zero-order chi connectivity index (χ0) is 34.8. The van der Waals surface area contributed by atoms with Gasteiger partial charge in [-0.15, -0.1) is 0 Å². The van der Waals surface area contributed by atoms with Gasteiger partial charge in [-0.25, -0.2) is 8.42 Å². The second-order valence-electron chi connectivity index (χ2n) is 10.9. The summed E-state index contributed by atoms with van der Waals surface area (Å²) in [5.74, 6) is 0.0329. The van der Waals surface area contributed by atoms with Crippen molar-refractivity contribution in [3.63, 3.8) is 0 Å². The van der Waals surface area contributed by atoms with Gasteiger partial charge in [0.05, 0.1) is 39.0 Å². The highest BCUT2D eigenvalue weighted by Crippen LogP contribution is 2.38. The zero-order valence-corrected chi connectivity index (χ0v) is 28.7. The Morgan fingerprint density at radius 1 is 0.750 bits per heavy atom. The lowest BCUT2D eigenvalue weighted by Crippen LogP contribution is -2.53. The van der Waals surface area contributed by atoms with Crippen molar-refractivity contribution in [3.05, 3.63) is 108 Å². The van der Waals surface area contributed by atoms with Crippen LogP contribution < -0.4 is 28.6 Å². The van der Waals surface area contributed by atoms with Gasteiger partial charge in [0.2, 0.25) is 11.8 Å². The molecule has 0 aliphatic carbocycles. The Hall–Kier alpha value is -5.23. The van der Waals surface area contributed by atoms with E-state index in [1.165, 1.54) is 64.7 Å². The maximum Gasteiger partial charge on any atom is 0.265 e. The van der Waals surface area contributed by atoms with Crippen LogP contribution in [0.1, 0.15) is 16.7 Å². The molecule has 0 heterocycles. The number of amides is 2. The number of anilines is 1. The number of rotatable bonds is 15. The molecule has 0 aliphatic rings. The first-order valence-electron chi connectivity index (χ1n) is 15.1. The lowest BCUT2D eigenvalue weighted by atomic mass is 10.0. The molecule has 0 fully saturated rings. The first-order chi connectivity index (χ1) is 23.1. The maximum absolute atomic E-state index is 14.6. The van der Waals surface area contributed by atoms with E-state index in [1.807, 2.05) is 61.5 Å². The molecule has 0 aromatic heterocycles. The molecule has 4 aromatic rings. The molecular formula is C36H41N3O8S. The quantitative estimate of drug-likeness (QED) is 0.194. The van der Waals surface area contributed by atoms with Gasteiger partial charge in [0, 0.05) is 32.1 Å². The van der Waals surface area contributed by atoms with Crippen molar-refractivity contribution >= 4 is 27.5 Å². The smallest absolute Gasteiger partial charge is 0.265 e. The van der Waals surface area contributed by atoms with Crippen molar-refractivity contribution in [1.29, 1.82) is 0 Å². The van der Waals surface area contributed by atoms with Gasteiger partial charge in [-0.3, -0.25) is 13.9 Å². The molecule has 4 aromatic carbocycles. The fraction of sp³-hybridized carbons (Fsp3) is 0.278. The van der Waals surface area contributed by atoms with Crippen LogP contribution in [0.2, 0.25) is 0 Å². The highest BCUT2D eigenvalue weighted by molar-refractivity contribution is 7.92. The Kier molecular flexibility index (Phi) is 11.9. The fourth-order valence-corrected chi connectivity index (χ4v) is 6.77. The number of benzene rings is 4. The summed E-state index contributed by atoms with van der Waals surface area (Å²) >= 11 is 0. The van der Waals surface area contributed by atoms with Gasteiger partial charge in [-0.05, 0) is 42.3 Å². The van der Waals surface area contributed by atoms with E-state index in [4.69, 9.17) is 18.9 Å². The molecule has 4 rings (SSSR count). The lowest BCUT2D eigenvalue weighted by Gasteiger charge is -2.34. The maximum atomic E-state index is 14.6. The molecule has 1 N–H and O–H groups in total. The Morgan fingerprint density at radius 3 is 2.04 bits per heavy atom. The standard InChI is InChI=1S/C36H41N3O8S/c1-25-11-10-14-27(19-25)23-38(31(36(41)37-2)20-26-12-8-7-9-13-26)35(40)24-39(30-21-28(44-3)15-17-32(30)45-4)48(42,43)29-16-18-33(46-5)34(22-29)47-6/h7-19,21-22,31H,20,23-24H2,1-6H3,(H,37,41). The van der Waals surface area contributed by atoms with E-state index in [2.05, 4.69) is 5.32 Å². The molecule has 11 nitrogen and oxygen atoms in total. The molecule has 0 saturated heterocycles. The number of methoxy groups -OCH3 is 4. The van der Waals surface area contributed by atoms with Crippen molar-refractivity contribution < 1.29 is 37.0 Å². The van der Waals surface area contributed by atoms with Crippen LogP contribution in [0.15, 0.2) is 95.9 Å². The van der Waals surface area contributed by atoms with Crippen LogP contribution in [0, 0.1) is 6.92 Å². The van der Waals surface area contributed by atoms with Gasteiger partial charge in [0.25, 0.3) is 10.0 Å². The number of carbonyl (C=O) groups is 2. The van der Waals surface area contributed by atoms with E-state index in [-0.39, 0.29) is 35.0 Å². The lowest BCUT2D eigenvalue weighted by molar-refractivity contribution is -0.139. The summed E-state index contributed by atoms with van der Waals surface area (Å²) in [4.78, 5) is 29.4. The second-order valence-corrected chi connectivity index (χ2v) is 12.8. The van der Waals surface area contributed by atoms with E-state index >= 15 is 0 Å². The van der Waals surface area contributed by atoms with Gasteiger partial charge in [0.1, 0.15) is 24.1 Å². The third kappa shape index (κ3) is 8.18. The van der Waals surface area contributed by atoms with E-state index in [0.29, 0.717) is 11.5 Å². The molecule has 254 valence electrons. The van der Waals surface area contributed by atoms with Gasteiger partial charge >= 0.3 is 0 Å². The summed E-state index contributed by atoms with van der Waals surface area (Å²) in [6, 6.07) is 24.8. The number of carbonyl (C=O) groups excluding carboxylic acids is 2. The average molecular weight is 676 g/mol.